The lowest BCUT2D eigenvalue weighted by atomic mass is 9.89. The monoisotopic (exact) mass is 680 g/mol. The maximum absolute atomic E-state index is 13.9. The quantitative estimate of drug-likeness (QED) is 0.295. The van der Waals surface area contributed by atoms with E-state index in [1.54, 1.807) is 102 Å². The molecule has 0 aliphatic heterocycles. The molecule has 0 unspecified atom stereocenters. The number of alkyl carbamates (subject to hydrolysis) is 2. The van der Waals surface area contributed by atoms with Gasteiger partial charge >= 0.3 is 12.2 Å². The van der Waals surface area contributed by atoms with Gasteiger partial charge in [0.2, 0.25) is 0 Å². The van der Waals surface area contributed by atoms with Crippen LogP contribution < -0.4 is 10.6 Å². The number of ketones is 6. The van der Waals surface area contributed by atoms with Crippen molar-refractivity contribution in [2.45, 2.75) is 64.8 Å². The van der Waals surface area contributed by atoms with E-state index in [-0.39, 0.29) is 22.3 Å². The van der Waals surface area contributed by atoms with Crippen molar-refractivity contribution < 1.29 is 47.8 Å². The van der Waals surface area contributed by atoms with E-state index in [0.717, 1.165) is 12.1 Å². The predicted octanol–water partition coefficient (Wildman–Crippen LogP) is 5.35. The van der Waals surface area contributed by atoms with Crippen molar-refractivity contribution in [3.63, 3.8) is 0 Å². The minimum Gasteiger partial charge on any atom is -0.444 e. The van der Waals surface area contributed by atoms with E-state index in [0.29, 0.717) is 11.1 Å². The van der Waals surface area contributed by atoms with Crippen molar-refractivity contribution in [3.8, 4) is 0 Å². The number of carbonyl (C=O) groups excluding carboxylic acids is 8. The van der Waals surface area contributed by atoms with E-state index in [1.807, 2.05) is 0 Å². The van der Waals surface area contributed by atoms with Crippen LogP contribution in [0.25, 0.3) is 0 Å². The van der Waals surface area contributed by atoms with Crippen molar-refractivity contribution in [1.82, 2.24) is 10.6 Å². The third kappa shape index (κ3) is 7.14. The molecule has 0 radical (unpaired) electrons. The van der Waals surface area contributed by atoms with Crippen LogP contribution in [0, 0.1) is 11.8 Å². The molecule has 0 saturated carbocycles. The highest BCUT2D eigenvalue weighted by molar-refractivity contribution is 6.40. The number of fused-ring (bicyclic) bond motifs is 2. The third-order valence-electron chi connectivity index (χ3n) is 7.99. The van der Waals surface area contributed by atoms with Gasteiger partial charge in [0.15, 0.2) is 34.7 Å². The Bertz CT molecular complexity index is 1750. The van der Waals surface area contributed by atoms with Crippen LogP contribution in [-0.2, 0) is 19.1 Å². The molecule has 5 rings (SSSR count). The minimum atomic E-state index is -1.88. The molecular formula is C38H36N2O10. The van der Waals surface area contributed by atoms with Crippen molar-refractivity contribution in [3.05, 3.63) is 106 Å². The summed E-state index contributed by atoms with van der Waals surface area (Å²) in [6.07, 6.45) is -1.90. The molecule has 0 bridgehead atoms. The van der Waals surface area contributed by atoms with Gasteiger partial charge in [0, 0.05) is 22.3 Å². The van der Waals surface area contributed by atoms with Crippen LogP contribution in [0.1, 0.15) is 106 Å². The summed E-state index contributed by atoms with van der Waals surface area (Å²) in [7, 11) is 0. The zero-order valence-electron chi connectivity index (χ0n) is 28.3. The van der Waals surface area contributed by atoms with Gasteiger partial charge in [-0.1, -0.05) is 60.7 Å². The van der Waals surface area contributed by atoms with Crippen molar-refractivity contribution in [1.29, 1.82) is 0 Å². The first-order valence-electron chi connectivity index (χ1n) is 15.9. The van der Waals surface area contributed by atoms with Gasteiger partial charge in [0.25, 0.3) is 0 Å². The first kappa shape index (κ1) is 35.5. The summed E-state index contributed by atoms with van der Waals surface area (Å²) in [5.41, 5.74) is -2.29. The molecule has 12 heteroatoms. The second-order valence-electron chi connectivity index (χ2n) is 14.1. The molecule has 2 N–H and O–H groups in total. The van der Waals surface area contributed by atoms with E-state index in [4.69, 9.17) is 9.47 Å². The number of Topliss-reactive ketones (excluding diaryl/α,β-unsaturated/α-hetero) is 6. The molecule has 0 saturated heterocycles. The molecule has 2 aliphatic carbocycles. The Kier molecular flexibility index (Phi) is 9.42. The zero-order valence-corrected chi connectivity index (χ0v) is 28.3. The summed E-state index contributed by atoms with van der Waals surface area (Å²) >= 11 is 0. The molecule has 0 heterocycles. The molecule has 258 valence electrons. The average molecular weight is 681 g/mol. The van der Waals surface area contributed by atoms with Gasteiger partial charge in [-0.2, -0.15) is 0 Å². The van der Waals surface area contributed by atoms with E-state index >= 15 is 0 Å². The highest BCUT2D eigenvalue weighted by Gasteiger charge is 2.51. The molecular weight excluding hydrogens is 644 g/mol. The van der Waals surface area contributed by atoms with Crippen LogP contribution in [0.4, 0.5) is 9.59 Å². The highest BCUT2D eigenvalue weighted by Crippen LogP contribution is 2.38. The summed E-state index contributed by atoms with van der Waals surface area (Å²) in [4.78, 5) is 108. The molecule has 0 fully saturated rings. The van der Waals surface area contributed by atoms with Gasteiger partial charge in [0.1, 0.15) is 35.1 Å². The van der Waals surface area contributed by atoms with E-state index in [2.05, 4.69) is 10.6 Å². The largest absolute Gasteiger partial charge is 0.444 e. The molecule has 0 spiro atoms. The number of amides is 2. The highest BCUT2D eigenvalue weighted by atomic mass is 16.6. The number of ether oxygens (including phenoxy) is 2. The normalized spacial score (nSPS) is 16.0. The van der Waals surface area contributed by atoms with E-state index in [1.165, 1.54) is 0 Å². The lowest BCUT2D eigenvalue weighted by molar-refractivity contribution is -0.123. The molecule has 2 atom stereocenters. The summed E-state index contributed by atoms with van der Waals surface area (Å²) in [5.74, 6) is -9.31. The van der Waals surface area contributed by atoms with Gasteiger partial charge < -0.3 is 20.1 Å². The van der Waals surface area contributed by atoms with Crippen molar-refractivity contribution in [2.75, 3.05) is 0 Å². The fraction of sp³-hybridized carbons (Fsp3) is 0.316. The topological polar surface area (TPSA) is 179 Å². The summed E-state index contributed by atoms with van der Waals surface area (Å²) in [6.45, 7) is 9.78. The number of carbonyl (C=O) groups is 8. The third-order valence-corrected chi connectivity index (χ3v) is 7.99. The van der Waals surface area contributed by atoms with Gasteiger partial charge in [-0.05, 0) is 64.8 Å². The predicted molar refractivity (Wildman–Crippen MR) is 178 cm³/mol. The Labute approximate surface area is 287 Å². The van der Waals surface area contributed by atoms with Crippen LogP contribution in [0.5, 0.6) is 0 Å². The second-order valence-corrected chi connectivity index (χ2v) is 14.1. The number of hydrogen-bond donors (Lipinski definition) is 2. The Balaban J connectivity index is 1.45. The molecule has 3 aromatic carbocycles. The van der Waals surface area contributed by atoms with Crippen LogP contribution in [0.15, 0.2) is 72.8 Å². The molecule has 3 aromatic rings. The SMILES string of the molecule is CC(C)(C)OC(=O)N[C@@H](C(=O)C1C(=O)c2cc3c(cc2C1=O)C(=O)C(C(=O)[C@H](NC(=O)OC(C)(C)C)c1ccccc1)C3=O)c1ccccc1. The summed E-state index contributed by atoms with van der Waals surface area (Å²) < 4.78 is 10.6. The number of nitrogens with one attached hydrogen (secondary N) is 2. The smallest absolute Gasteiger partial charge is 0.408 e. The van der Waals surface area contributed by atoms with Crippen molar-refractivity contribution >= 4 is 46.9 Å². The van der Waals surface area contributed by atoms with Gasteiger partial charge in [-0.3, -0.25) is 28.8 Å². The molecule has 0 aromatic heterocycles. The maximum Gasteiger partial charge on any atom is 0.408 e. The Hall–Kier alpha value is -5.78. The van der Waals surface area contributed by atoms with Gasteiger partial charge in [-0.15, -0.1) is 0 Å². The average Bonchev–Trinajstić information content (AvgIpc) is 3.43. The van der Waals surface area contributed by atoms with Gasteiger partial charge in [-0.25, -0.2) is 9.59 Å². The molecule has 12 nitrogen and oxygen atoms in total. The number of benzene rings is 3. The maximum atomic E-state index is 13.9. The first-order chi connectivity index (χ1) is 23.4. The number of hydrogen-bond acceptors (Lipinski definition) is 10. The molecule has 50 heavy (non-hydrogen) atoms. The standard InChI is InChI=1S/C38H36N2O10/c1-37(2,3)49-35(47)39-27(19-13-9-7-10-14-19)33(45)25-29(41)21-17-23-24(18-22(21)30(25)42)32(44)26(31(23)43)34(46)28(20-15-11-8-12-16-20)40-36(48)50-38(4,5)6/h7-18,25-28H,1-6H3,(H,39,47)(H,40,48)/t25?,26?,27-,28-/m1/s1. The second kappa shape index (κ2) is 13.3. The molecule has 2 aliphatic rings. The fourth-order valence-electron chi connectivity index (χ4n) is 5.90. The lowest BCUT2D eigenvalue weighted by Crippen LogP contribution is -2.42. The lowest BCUT2D eigenvalue weighted by Gasteiger charge is -2.24. The number of rotatable bonds is 8. The summed E-state index contributed by atoms with van der Waals surface area (Å²) in [5, 5.41) is 4.92. The van der Waals surface area contributed by atoms with Crippen LogP contribution >= 0.6 is 0 Å². The van der Waals surface area contributed by atoms with Gasteiger partial charge in [0.05, 0.1) is 0 Å². The van der Waals surface area contributed by atoms with Crippen LogP contribution in [0.3, 0.4) is 0 Å². The van der Waals surface area contributed by atoms with Crippen molar-refractivity contribution in [2.24, 2.45) is 11.8 Å². The Morgan fingerprint density at radius 1 is 0.520 bits per heavy atom. The van der Waals surface area contributed by atoms with Crippen LogP contribution in [0.2, 0.25) is 0 Å². The van der Waals surface area contributed by atoms with E-state index in [9.17, 15) is 38.4 Å². The first-order valence-corrected chi connectivity index (χ1v) is 15.9. The fourth-order valence-corrected chi connectivity index (χ4v) is 5.90. The minimum absolute atomic E-state index is 0.267. The Morgan fingerprint density at radius 2 is 0.800 bits per heavy atom. The Morgan fingerprint density at radius 3 is 1.06 bits per heavy atom. The van der Waals surface area contributed by atoms with E-state index < -0.39 is 82.0 Å². The summed E-state index contributed by atoms with van der Waals surface area (Å²) in [6, 6.07) is 15.2. The zero-order chi connectivity index (χ0) is 36.7. The molecule has 2 amide bonds. The van der Waals surface area contributed by atoms with Crippen LogP contribution in [-0.4, -0.2) is 58.1 Å².